The van der Waals surface area contributed by atoms with Gasteiger partial charge in [-0.1, -0.05) is 24.3 Å². The van der Waals surface area contributed by atoms with Crippen molar-refractivity contribution in [2.45, 2.75) is 39.0 Å². The molecule has 11 nitrogen and oxygen atoms in total. The van der Waals surface area contributed by atoms with Gasteiger partial charge in [0.25, 0.3) is 5.91 Å². The first-order valence-corrected chi connectivity index (χ1v) is 15.7. The number of amides is 3. The third kappa shape index (κ3) is 9.23. The zero-order valence-electron chi connectivity index (χ0n) is 25.3. The van der Waals surface area contributed by atoms with Crippen molar-refractivity contribution in [2.24, 2.45) is 5.41 Å². The van der Waals surface area contributed by atoms with Crippen LogP contribution in [0, 0.1) is 5.41 Å². The summed E-state index contributed by atoms with van der Waals surface area (Å²) in [6.45, 7) is 2.22. The van der Waals surface area contributed by atoms with Gasteiger partial charge in [0.2, 0.25) is 11.8 Å². The van der Waals surface area contributed by atoms with Crippen molar-refractivity contribution in [3.8, 4) is 5.75 Å². The molecule has 0 saturated carbocycles. The number of methoxy groups -OCH3 is 1. The maximum atomic E-state index is 13.5. The van der Waals surface area contributed by atoms with Gasteiger partial charge in [-0.05, 0) is 56.0 Å². The number of nitrogens with zero attached hydrogens (tertiary/aromatic N) is 2. The molecule has 0 radical (unpaired) electrons. The van der Waals surface area contributed by atoms with Crippen LogP contribution < -0.4 is 15.4 Å². The lowest BCUT2D eigenvalue weighted by atomic mass is 9.77. The molecule has 0 aliphatic carbocycles. The van der Waals surface area contributed by atoms with E-state index in [1.807, 2.05) is 30.3 Å². The molecule has 0 spiro atoms. The maximum absolute atomic E-state index is 13.5. The van der Waals surface area contributed by atoms with Crippen molar-refractivity contribution in [1.82, 2.24) is 20.5 Å². The molecule has 236 valence electrons. The summed E-state index contributed by atoms with van der Waals surface area (Å²) >= 11 is 1.54. The summed E-state index contributed by atoms with van der Waals surface area (Å²) in [5.41, 5.74) is 0.594. The van der Waals surface area contributed by atoms with E-state index in [1.54, 1.807) is 32.2 Å². The van der Waals surface area contributed by atoms with Crippen molar-refractivity contribution in [1.29, 1.82) is 0 Å². The molecule has 3 amide bonds. The van der Waals surface area contributed by atoms with Gasteiger partial charge in [0.05, 0.1) is 33.8 Å². The van der Waals surface area contributed by atoms with Gasteiger partial charge >= 0.3 is 5.97 Å². The first-order valence-electron chi connectivity index (χ1n) is 14.9. The monoisotopic (exact) mass is 624 g/mol. The first-order chi connectivity index (χ1) is 21.3. The second-order valence-corrected chi connectivity index (χ2v) is 11.8. The summed E-state index contributed by atoms with van der Waals surface area (Å²) in [7, 11) is 1.59. The predicted octanol–water partition coefficient (Wildman–Crippen LogP) is 2.90. The predicted molar refractivity (Wildman–Crippen MR) is 166 cm³/mol. The fourth-order valence-corrected chi connectivity index (χ4v) is 6.15. The van der Waals surface area contributed by atoms with Gasteiger partial charge in [0.1, 0.15) is 5.75 Å². The highest BCUT2D eigenvalue weighted by Crippen LogP contribution is 2.32. The Labute approximate surface area is 261 Å². The Kier molecular flexibility index (Phi) is 12.1. The van der Waals surface area contributed by atoms with Crippen molar-refractivity contribution in [2.75, 3.05) is 53.1 Å². The molecule has 0 saturated heterocycles. The van der Waals surface area contributed by atoms with Crippen LogP contribution in [-0.2, 0) is 41.5 Å². The molecular formula is C32H40N4O7S. The van der Waals surface area contributed by atoms with Crippen molar-refractivity contribution >= 4 is 45.2 Å². The number of esters is 1. The number of carbonyl (C=O) groups is 4. The molecule has 1 aliphatic heterocycles. The van der Waals surface area contributed by atoms with Gasteiger partial charge in [0, 0.05) is 46.2 Å². The second kappa shape index (κ2) is 16.2. The van der Waals surface area contributed by atoms with Gasteiger partial charge in [-0.15, -0.1) is 11.3 Å². The average Bonchev–Trinajstić information content (AvgIpc) is 3.44. The molecule has 44 heavy (non-hydrogen) atoms. The Hall–Kier alpha value is -4.03. The molecular weight excluding hydrogens is 584 g/mol. The SMILES string of the molecule is CCOC(=O)C1(CCCOC)CNC(=O)CN(C(=O)CCc2nc3ccccc3s2)CCNC(=O)COc2cccc(c2)C1. The Bertz CT molecular complexity index is 1410. The second-order valence-electron chi connectivity index (χ2n) is 10.7. The molecule has 2 aromatic carbocycles. The van der Waals surface area contributed by atoms with E-state index < -0.39 is 17.3 Å². The van der Waals surface area contributed by atoms with Gasteiger partial charge in [-0.25, -0.2) is 4.98 Å². The minimum atomic E-state index is -1.08. The lowest BCUT2D eigenvalue weighted by Gasteiger charge is -2.32. The Balaban J connectivity index is 1.54. The number of carbonyl (C=O) groups excluding carboxylic acids is 4. The molecule has 1 aromatic heterocycles. The maximum Gasteiger partial charge on any atom is 0.314 e. The van der Waals surface area contributed by atoms with Crippen molar-refractivity contribution < 1.29 is 33.4 Å². The lowest BCUT2D eigenvalue weighted by Crippen LogP contribution is -2.49. The minimum Gasteiger partial charge on any atom is -0.484 e. The van der Waals surface area contributed by atoms with E-state index in [0.717, 1.165) is 20.8 Å². The number of thiazole rings is 1. The fourth-order valence-electron chi connectivity index (χ4n) is 5.18. The summed E-state index contributed by atoms with van der Waals surface area (Å²) in [6, 6.07) is 15.0. The molecule has 2 N–H and O–H groups in total. The van der Waals surface area contributed by atoms with E-state index in [4.69, 9.17) is 14.2 Å². The van der Waals surface area contributed by atoms with E-state index in [9.17, 15) is 19.2 Å². The van der Waals surface area contributed by atoms with Gasteiger partial charge in [0.15, 0.2) is 6.61 Å². The van der Waals surface area contributed by atoms with Gasteiger partial charge < -0.3 is 29.7 Å². The number of hydrogen-bond donors (Lipinski definition) is 2. The molecule has 2 heterocycles. The number of aryl methyl sites for hydroxylation is 1. The van der Waals surface area contributed by atoms with Crippen LogP contribution in [0.1, 0.15) is 36.8 Å². The van der Waals surface area contributed by atoms with E-state index in [-0.39, 0.29) is 64.0 Å². The molecule has 0 fully saturated rings. The first kappa shape index (κ1) is 32.9. The smallest absolute Gasteiger partial charge is 0.314 e. The summed E-state index contributed by atoms with van der Waals surface area (Å²) in [5.74, 6) is -0.941. The molecule has 1 aliphatic rings. The zero-order chi connectivity index (χ0) is 31.4. The highest BCUT2D eigenvalue weighted by molar-refractivity contribution is 7.18. The number of ether oxygens (including phenoxy) is 3. The third-order valence-electron chi connectivity index (χ3n) is 7.43. The number of fused-ring (bicyclic) bond motifs is 3. The van der Waals surface area contributed by atoms with E-state index in [1.165, 1.54) is 16.2 Å². The molecule has 4 rings (SSSR count). The van der Waals surface area contributed by atoms with Crippen LogP contribution in [0.5, 0.6) is 5.75 Å². The van der Waals surface area contributed by atoms with E-state index >= 15 is 0 Å². The Morgan fingerprint density at radius 2 is 1.95 bits per heavy atom. The van der Waals surface area contributed by atoms with Gasteiger partial charge in [-0.3, -0.25) is 19.2 Å². The van der Waals surface area contributed by atoms with Crippen LogP contribution in [-0.4, -0.2) is 86.7 Å². The highest BCUT2D eigenvalue weighted by Gasteiger charge is 2.40. The average molecular weight is 625 g/mol. The van der Waals surface area contributed by atoms with Crippen LogP contribution in [0.25, 0.3) is 10.2 Å². The van der Waals surface area contributed by atoms with Crippen LogP contribution in [0.2, 0.25) is 0 Å². The highest BCUT2D eigenvalue weighted by atomic mass is 32.1. The summed E-state index contributed by atoms with van der Waals surface area (Å²) in [4.78, 5) is 58.7. The fraction of sp³-hybridized carbons (Fsp3) is 0.469. The standard InChI is InChI=1S/C32H40N4O7S/c1-3-42-31(40)32(14-7-17-41-2)19-23-8-6-9-24(18-23)43-21-28(38)33-15-16-36(20-27(37)34-22-32)30(39)13-12-29-35-25-10-4-5-11-26(25)44-29/h4-6,8-11,18H,3,7,12-17,19-22H2,1-2H3,(H,33,38)(H,34,37). The van der Waals surface area contributed by atoms with Crippen LogP contribution in [0.15, 0.2) is 48.5 Å². The summed E-state index contributed by atoms with van der Waals surface area (Å²) in [5, 5.41) is 6.51. The van der Waals surface area contributed by atoms with Crippen LogP contribution >= 0.6 is 11.3 Å². The Morgan fingerprint density at radius 3 is 2.75 bits per heavy atom. The number of nitrogens with one attached hydrogen (secondary N) is 2. The van der Waals surface area contributed by atoms with Crippen molar-refractivity contribution in [3.63, 3.8) is 0 Å². The Morgan fingerprint density at radius 1 is 1.11 bits per heavy atom. The largest absolute Gasteiger partial charge is 0.484 e. The lowest BCUT2D eigenvalue weighted by molar-refractivity contribution is -0.156. The van der Waals surface area contributed by atoms with Crippen LogP contribution in [0.4, 0.5) is 0 Å². The zero-order valence-corrected chi connectivity index (χ0v) is 26.1. The minimum absolute atomic E-state index is 0.0178. The molecule has 2 bridgehead atoms. The van der Waals surface area contributed by atoms with E-state index in [0.29, 0.717) is 31.6 Å². The number of aromatic nitrogens is 1. The number of rotatable bonds is 9. The van der Waals surface area contributed by atoms with Crippen molar-refractivity contribution in [3.05, 3.63) is 59.1 Å². The molecule has 3 aromatic rings. The summed E-state index contributed by atoms with van der Waals surface area (Å²) < 4.78 is 17.5. The van der Waals surface area contributed by atoms with Gasteiger partial charge in [-0.2, -0.15) is 0 Å². The molecule has 1 unspecified atom stereocenters. The quantitative estimate of drug-likeness (QED) is 0.274. The number of hydrogen-bond acceptors (Lipinski definition) is 9. The number of para-hydroxylation sites is 1. The topological polar surface area (TPSA) is 136 Å². The van der Waals surface area contributed by atoms with E-state index in [2.05, 4.69) is 15.6 Å². The third-order valence-corrected chi connectivity index (χ3v) is 8.53. The molecule has 12 heteroatoms. The summed E-state index contributed by atoms with van der Waals surface area (Å²) in [6.07, 6.45) is 1.82. The van der Waals surface area contributed by atoms with Crippen LogP contribution in [0.3, 0.4) is 0 Å². The number of benzene rings is 2. The molecule has 1 atom stereocenters. The normalized spacial score (nSPS) is 18.3.